The number of pyridine rings is 1. The van der Waals surface area contributed by atoms with Crippen LogP contribution >= 0.6 is 11.6 Å². The SMILES string of the molecule is Cc1ccnc(Cl)c1NC(=O)C(C)(C)N. The van der Waals surface area contributed by atoms with E-state index in [1.165, 1.54) is 0 Å². The van der Waals surface area contributed by atoms with Gasteiger partial charge in [-0.2, -0.15) is 0 Å². The fourth-order valence-corrected chi connectivity index (χ4v) is 1.20. The number of anilines is 1. The molecule has 0 bridgehead atoms. The Bertz CT molecular complexity index is 364. The largest absolute Gasteiger partial charge is 0.322 e. The molecule has 3 N–H and O–H groups in total. The maximum absolute atomic E-state index is 11.6. The number of hydrogen-bond acceptors (Lipinski definition) is 3. The maximum atomic E-state index is 11.6. The van der Waals surface area contributed by atoms with E-state index in [-0.39, 0.29) is 11.1 Å². The highest BCUT2D eigenvalue weighted by Crippen LogP contribution is 2.23. The molecule has 0 aliphatic carbocycles. The zero-order valence-corrected chi connectivity index (χ0v) is 9.72. The molecule has 5 heteroatoms. The summed E-state index contributed by atoms with van der Waals surface area (Å²) in [4.78, 5) is 15.5. The summed E-state index contributed by atoms with van der Waals surface area (Å²) in [6.45, 7) is 5.09. The van der Waals surface area contributed by atoms with E-state index in [0.29, 0.717) is 5.69 Å². The number of nitrogens with two attached hydrogens (primary N) is 1. The summed E-state index contributed by atoms with van der Waals surface area (Å²) >= 11 is 5.86. The molecule has 1 rings (SSSR count). The van der Waals surface area contributed by atoms with E-state index in [9.17, 15) is 4.79 Å². The third kappa shape index (κ3) is 2.91. The summed E-state index contributed by atoms with van der Waals surface area (Å²) in [5.74, 6) is -0.291. The van der Waals surface area contributed by atoms with Gasteiger partial charge in [0, 0.05) is 6.20 Å². The quantitative estimate of drug-likeness (QED) is 0.756. The van der Waals surface area contributed by atoms with Gasteiger partial charge in [0.2, 0.25) is 5.91 Å². The zero-order chi connectivity index (χ0) is 11.6. The van der Waals surface area contributed by atoms with Crippen molar-refractivity contribution in [3.05, 3.63) is 23.0 Å². The number of halogens is 1. The molecule has 0 atom stereocenters. The number of aromatic nitrogens is 1. The molecule has 82 valence electrons. The molecule has 0 aliphatic rings. The number of carbonyl (C=O) groups is 1. The maximum Gasteiger partial charge on any atom is 0.243 e. The standard InChI is InChI=1S/C10H14ClN3O/c1-6-4-5-13-8(11)7(6)14-9(15)10(2,3)12/h4-5H,12H2,1-3H3,(H,14,15). The molecule has 0 radical (unpaired) electrons. The highest BCUT2D eigenvalue weighted by atomic mass is 35.5. The second kappa shape index (κ2) is 4.16. The number of amides is 1. The molecule has 0 saturated carbocycles. The van der Waals surface area contributed by atoms with Crippen LogP contribution in [0.5, 0.6) is 0 Å². The Kier molecular flexibility index (Phi) is 3.31. The molecule has 15 heavy (non-hydrogen) atoms. The van der Waals surface area contributed by atoms with E-state index >= 15 is 0 Å². The summed E-state index contributed by atoms with van der Waals surface area (Å²) < 4.78 is 0. The van der Waals surface area contributed by atoms with Gasteiger partial charge in [0.1, 0.15) is 0 Å². The Balaban J connectivity index is 2.95. The van der Waals surface area contributed by atoms with Crippen LogP contribution in [0.25, 0.3) is 0 Å². The molecule has 1 aromatic rings. The lowest BCUT2D eigenvalue weighted by Gasteiger charge is -2.19. The molecule has 0 aliphatic heterocycles. The minimum Gasteiger partial charge on any atom is -0.322 e. The van der Waals surface area contributed by atoms with Crippen LogP contribution in [-0.2, 0) is 4.79 Å². The molecule has 0 unspecified atom stereocenters. The van der Waals surface area contributed by atoms with Gasteiger partial charge >= 0.3 is 0 Å². The first kappa shape index (κ1) is 11.9. The first-order valence-electron chi connectivity index (χ1n) is 4.54. The number of hydrogen-bond donors (Lipinski definition) is 2. The van der Waals surface area contributed by atoms with Gasteiger partial charge in [-0.3, -0.25) is 4.79 Å². The highest BCUT2D eigenvalue weighted by Gasteiger charge is 2.23. The average Bonchev–Trinajstić information content (AvgIpc) is 2.09. The van der Waals surface area contributed by atoms with Crippen molar-refractivity contribution in [1.82, 2.24) is 4.98 Å². The number of nitrogens with one attached hydrogen (secondary N) is 1. The van der Waals surface area contributed by atoms with Crippen LogP contribution in [0.4, 0.5) is 5.69 Å². The molecule has 1 heterocycles. The number of nitrogens with zero attached hydrogens (tertiary/aromatic N) is 1. The summed E-state index contributed by atoms with van der Waals surface area (Å²) in [6, 6.07) is 1.77. The second-order valence-electron chi connectivity index (χ2n) is 3.97. The Morgan fingerprint density at radius 1 is 1.60 bits per heavy atom. The van der Waals surface area contributed by atoms with Crippen molar-refractivity contribution in [2.75, 3.05) is 5.32 Å². The third-order valence-electron chi connectivity index (χ3n) is 1.94. The molecular formula is C10H14ClN3O. The van der Waals surface area contributed by atoms with Gasteiger partial charge in [0.25, 0.3) is 0 Å². The van der Waals surface area contributed by atoms with Crippen molar-refractivity contribution < 1.29 is 4.79 Å². The summed E-state index contributed by atoms with van der Waals surface area (Å²) in [5, 5.41) is 2.93. The number of carbonyl (C=O) groups excluding carboxylic acids is 1. The van der Waals surface area contributed by atoms with Gasteiger partial charge in [0.05, 0.1) is 11.2 Å². The van der Waals surface area contributed by atoms with Crippen molar-refractivity contribution in [3.8, 4) is 0 Å². The lowest BCUT2D eigenvalue weighted by Crippen LogP contribution is -2.45. The molecule has 1 aromatic heterocycles. The summed E-state index contributed by atoms with van der Waals surface area (Å²) in [7, 11) is 0. The van der Waals surface area contributed by atoms with Crippen LogP contribution in [0.2, 0.25) is 5.15 Å². The molecule has 0 saturated heterocycles. The van der Waals surface area contributed by atoms with Crippen LogP contribution in [0.15, 0.2) is 12.3 Å². The smallest absolute Gasteiger partial charge is 0.243 e. The predicted molar refractivity (Wildman–Crippen MR) is 60.9 cm³/mol. The van der Waals surface area contributed by atoms with Gasteiger partial charge in [-0.05, 0) is 32.4 Å². The summed E-state index contributed by atoms with van der Waals surface area (Å²) in [5.41, 5.74) is 6.08. The fourth-order valence-electron chi connectivity index (χ4n) is 0.950. The Morgan fingerprint density at radius 2 is 2.20 bits per heavy atom. The van der Waals surface area contributed by atoms with Gasteiger partial charge < -0.3 is 11.1 Å². The fraction of sp³-hybridized carbons (Fsp3) is 0.400. The second-order valence-corrected chi connectivity index (χ2v) is 4.33. The lowest BCUT2D eigenvalue weighted by atomic mass is 10.1. The molecular weight excluding hydrogens is 214 g/mol. The minimum absolute atomic E-state index is 0.271. The zero-order valence-electron chi connectivity index (χ0n) is 8.97. The van der Waals surface area contributed by atoms with E-state index in [2.05, 4.69) is 10.3 Å². The van der Waals surface area contributed by atoms with Crippen molar-refractivity contribution >= 4 is 23.2 Å². The summed E-state index contributed by atoms with van der Waals surface area (Å²) in [6.07, 6.45) is 1.58. The van der Waals surface area contributed by atoms with Crippen LogP contribution in [0.3, 0.4) is 0 Å². The molecule has 1 amide bonds. The molecule has 0 fully saturated rings. The number of rotatable bonds is 2. The monoisotopic (exact) mass is 227 g/mol. The van der Waals surface area contributed by atoms with Gasteiger partial charge in [-0.25, -0.2) is 4.98 Å². The first-order chi connectivity index (χ1) is 6.82. The Labute approximate surface area is 93.8 Å². The Hall–Kier alpha value is -1.13. The topological polar surface area (TPSA) is 68.0 Å². The van der Waals surface area contributed by atoms with E-state index < -0.39 is 5.54 Å². The van der Waals surface area contributed by atoms with Gasteiger partial charge in [-0.15, -0.1) is 0 Å². The van der Waals surface area contributed by atoms with Crippen LogP contribution in [0, 0.1) is 6.92 Å². The van der Waals surface area contributed by atoms with Crippen molar-refractivity contribution in [2.24, 2.45) is 5.73 Å². The van der Waals surface area contributed by atoms with Gasteiger partial charge in [0.15, 0.2) is 5.15 Å². The highest BCUT2D eigenvalue weighted by molar-refractivity contribution is 6.32. The average molecular weight is 228 g/mol. The molecule has 0 spiro atoms. The van der Waals surface area contributed by atoms with Crippen LogP contribution in [0.1, 0.15) is 19.4 Å². The molecule has 0 aromatic carbocycles. The van der Waals surface area contributed by atoms with Crippen molar-refractivity contribution in [2.45, 2.75) is 26.3 Å². The van der Waals surface area contributed by atoms with E-state index in [0.717, 1.165) is 5.56 Å². The third-order valence-corrected chi connectivity index (χ3v) is 2.22. The minimum atomic E-state index is -0.939. The van der Waals surface area contributed by atoms with Crippen molar-refractivity contribution in [1.29, 1.82) is 0 Å². The van der Waals surface area contributed by atoms with E-state index in [4.69, 9.17) is 17.3 Å². The number of aryl methyl sites for hydroxylation is 1. The van der Waals surface area contributed by atoms with E-state index in [1.807, 2.05) is 6.92 Å². The van der Waals surface area contributed by atoms with Crippen molar-refractivity contribution in [3.63, 3.8) is 0 Å². The predicted octanol–water partition coefficient (Wildman–Crippen LogP) is 1.72. The van der Waals surface area contributed by atoms with Gasteiger partial charge in [-0.1, -0.05) is 11.6 Å². The molecule has 4 nitrogen and oxygen atoms in total. The first-order valence-corrected chi connectivity index (χ1v) is 4.91. The normalized spacial score (nSPS) is 11.3. The van der Waals surface area contributed by atoms with Crippen LogP contribution in [-0.4, -0.2) is 16.4 Å². The Morgan fingerprint density at radius 3 is 2.67 bits per heavy atom. The lowest BCUT2D eigenvalue weighted by molar-refractivity contribution is -0.120. The van der Waals surface area contributed by atoms with Crippen LogP contribution < -0.4 is 11.1 Å². The van der Waals surface area contributed by atoms with E-state index in [1.54, 1.807) is 26.1 Å².